The number of hydrogen-bond donors (Lipinski definition) is 3. The van der Waals surface area contributed by atoms with Gasteiger partial charge in [0.2, 0.25) is 0 Å². The van der Waals surface area contributed by atoms with Crippen LogP contribution in [0.4, 0.5) is 5.82 Å². The highest BCUT2D eigenvalue weighted by atomic mass is 16.2. The van der Waals surface area contributed by atoms with Gasteiger partial charge in [-0.25, -0.2) is 4.79 Å². The van der Waals surface area contributed by atoms with E-state index in [9.17, 15) is 9.59 Å². The largest absolute Gasteiger partial charge is 0.326 e. The van der Waals surface area contributed by atoms with E-state index in [0.717, 1.165) is 5.52 Å². The summed E-state index contributed by atoms with van der Waals surface area (Å²) in [5.74, 6) is 0.252. The molecule has 3 rings (SSSR count). The molecule has 0 saturated heterocycles. The predicted molar refractivity (Wildman–Crippen MR) is 70.1 cm³/mol. The fourth-order valence-electron chi connectivity index (χ4n) is 1.90. The molecule has 0 saturated carbocycles. The number of anilines is 1. The van der Waals surface area contributed by atoms with Crippen molar-refractivity contribution >= 4 is 22.8 Å². The molecule has 1 aromatic carbocycles. The van der Waals surface area contributed by atoms with Gasteiger partial charge in [0.15, 0.2) is 0 Å². The summed E-state index contributed by atoms with van der Waals surface area (Å²) in [6.45, 7) is 0. The molecule has 7 nitrogen and oxygen atoms in total. The molecular formula is C12H11N5O2. The van der Waals surface area contributed by atoms with Gasteiger partial charge in [0.05, 0.1) is 17.2 Å². The van der Waals surface area contributed by atoms with Crippen molar-refractivity contribution in [2.45, 2.75) is 0 Å². The van der Waals surface area contributed by atoms with E-state index in [1.165, 1.54) is 4.57 Å². The van der Waals surface area contributed by atoms with E-state index in [4.69, 9.17) is 0 Å². The Hall–Kier alpha value is -2.83. The summed E-state index contributed by atoms with van der Waals surface area (Å²) >= 11 is 0. The third-order valence-electron chi connectivity index (χ3n) is 2.92. The van der Waals surface area contributed by atoms with Crippen LogP contribution < -0.4 is 11.0 Å². The molecule has 0 atom stereocenters. The van der Waals surface area contributed by atoms with E-state index in [-0.39, 0.29) is 11.6 Å². The molecule has 3 aromatic rings. The van der Waals surface area contributed by atoms with Crippen molar-refractivity contribution in [3.05, 3.63) is 46.5 Å². The Bertz CT molecular complexity index is 797. The standard InChI is InChI=1S/C12H11N5O2/c1-17-9-3-2-7(6-8(9)14-12(17)19)11(18)15-10-4-5-13-16-10/h2-6H,1H3,(H,14,19)(H2,13,15,16,18). The summed E-state index contributed by atoms with van der Waals surface area (Å²) in [4.78, 5) is 26.1. The number of fused-ring (bicyclic) bond motifs is 1. The highest BCUT2D eigenvalue weighted by Gasteiger charge is 2.10. The number of nitrogens with one attached hydrogen (secondary N) is 3. The first kappa shape index (κ1) is 11.3. The van der Waals surface area contributed by atoms with Crippen molar-refractivity contribution in [1.29, 1.82) is 0 Å². The highest BCUT2D eigenvalue weighted by molar-refractivity contribution is 6.05. The number of H-pyrrole nitrogens is 2. The normalized spacial score (nSPS) is 10.8. The number of carbonyl (C=O) groups is 1. The number of aromatic amines is 2. The van der Waals surface area contributed by atoms with E-state index in [1.54, 1.807) is 37.5 Å². The lowest BCUT2D eigenvalue weighted by atomic mass is 10.2. The van der Waals surface area contributed by atoms with Crippen molar-refractivity contribution < 1.29 is 4.79 Å². The first-order valence-electron chi connectivity index (χ1n) is 5.64. The van der Waals surface area contributed by atoms with Crippen LogP contribution >= 0.6 is 0 Å². The van der Waals surface area contributed by atoms with Gasteiger partial charge in [-0.1, -0.05) is 0 Å². The number of hydrogen-bond acceptors (Lipinski definition) is 3. The van der Waals surface area contributed by atoms with Gasteiger partial charge in [-0.15, -0.1) is 0 Å². The fraction of sp³-hybridized carbons (Fsp3) is 0.0833. The number of amides is 1. The van der Waals surface area contributed by atoms with Gasteiger partial charge >= 0.3 is 5.69 Å². The SMILES string of the molecule is Cn1c(=O)[nH]c2cc(C(=O)Nc3ccn[nH]3)ccc21. The zero-order valence-electron chi connectivity index (χ0n) is 10.1. The van der Waals surface area contributed by atoms with Gasteiger partial charge in [0, 0.05) is 18.7 Å². The predicted octanol–water partition coefficient (Wildman–Crippen LogP) is 0.842. The zero-order chi connectivity index (χ0) is 13.4. The van der Waals surface area contributed by atoms with Crippen LogP contribution in [0.2, 0.25) is 0 Å². The van der Waals surface area contributed by atoms with Crippen LogP contribution in [0.5, 0.6) is 0 Å². The number of nitrogens with zero attached hydrogens (tertiary/aromatic N) is 2. The maximum Gasteiger partial charge on any atom is 0.326 e. The Kier molecular flexibility index (Phi) is 2.45. The van der Waals surface area contributed by atoms with E-state index in [1.807, 2.05) is 0 Å². The number of aromatic nitrogens is 4. The Morgan fingerprint density at radius 1 is 1.37 bits per heavy atom. The van der Waals surface area contributed by atoms with Crippen LogP contribution in [0.15, 0.2) is 35.3 Å². The minimum absolute atomic E-state index is 0.207. The van der Waals surface area contributed by atoms with E-state index < -0.39 is 0 Å². The molecule has 0 unspecified atom stereocenters. The van der Waals surface area contributed by atoms with Crippen molar-refractivity contribution in [2.24, 2.45) is 7.05 Å². The van der Waals surface area contributed by atoms with Gasteiger partial charge < -0.3 is 10.3 Å². The summed E-state index contributed by atoms with van der Waals surface area (Å²) in [5.41, 5.74) is 1.64. The second kappa shape index (κ2) is 4.13. The Morgan fingerprint density at radius 3 is 2.95 bits per heavy atom. The van der Waals surface area contributed by atoms with E-state index in [0.29, 0.717) is 16.9 Å². The van der Waals surface area contributed by atoms with Gasteiger partial charge in [-0.3, -0.25) is 14.5 Å². The zero-order valence-corrected chi connectivity index (χ0v) is 10.1. The molecule has 0 aliphatic carbocycles. The maximum atomic E-state index is 12.0. The van der Waals surface area contributed by atoms with Crippen molar-refractivity contribution in [2.75, 3.05) is 5.32 Å². The summed E-state index contributed by atoms with van der Waals surface area (Å²) in [5, 5.41) is 9.06. The van der Waals surface area contributed by atoms with Crippen LogP contribution in [0.3, 0.4) is 0 Å². The molecule has 2 aromatic heterocycles. The monoisotopic (exact) mass is 257 g/mol. The van der Waals surface area contributed by atoms with Crippen LogP contribution in [-0.2, 0) is 7.05 Å². The number of carbonyl (C=O) groups excluding carboxylic acids is 1. The van der Waals surface area contributed by atoms with Gasteiger partial charge in [0.1, 0.15) is 5.82 Å². The molecule has 0 aliphatic heterocycles. The molecule has 96 valence electrons. The number of imidazole rings is 1. The average Bonchev–Trinajstić information content (AvgIpc) is 2.99. The Labute approximate surface area is 107 Å². The number of benzene rings is 1. The third-order valence-corrected chi connectivity index (χ3v) is 2.92. The van der Waals surface area contributed by atoms with E-state index in [2.05, 4.69) is 20.5 Å². The minimum Gasteiger partial charge on any atom is -0.307 e. The molecule has 0 radical (unpaired) electrons. The average molecular weight is 257 g/mol. The summed E-state index contributed by atoms with van der Waals surface area (Å²) < 4.78 is 1.49. The molecule has 7 heteroatoms. The number of rotatable bonds is 2. The molecule has 0 fully saturated rings. The Balaban J connectivity index is 1.97. The topological polar surface area (TPSA) is 95.6 Å². The molecular weight excluding hydrogens is 246 g/mol. The van der Waals surface area contributed by atoms with Crippen molar-refractivity contribution in [3.8, 4) is 0 Å². The summed E-state index contributed by atoms with van der Waals surface area (Å²) in [6.07, 6.45) is 1.55. The smallest absolute Gasteiger partial charge is 0.307 e. The minimum atomic E-state index is -0.268. The lowest BCUT2D eigenvalue weighted by molar-refractivity contribution is 0.102. The van der Waals surface area contributed by atoms with Crippen LogP contribution in [0.1, 0.15) is 10.4 Å². The maximum absolute atomic E-state index is 12.0. The fourth-order valence-corrected chi connectivity index (χ4v) is 1.90. The Morgan fingerprint density at radius 2 is 2.21 bits per heavy atom. The summed E-state index contributed by atoms with van der Waals surface area (Å²) in [6, 6.07) is 6.69. The first-order chi connectivity index (χ1) is 9.15. The van der Waals surface area contributed by atoms with Gasteiger partial charge in [0.25, 0.3) is 5.91 Å². The summed E-state index contributed by atoms with van der Waals surface area (Å²) in [7, 11) is 1.67. The molecule has 19 heavy (non-hydrogen) atoms. The van der Waals surface area contributed by atoms with Crippen molar-refractivity contribution in [1.82, 2.24) is 19.7 Å². The second-order valence-electron chi connectivity index (χ2n) is 4.15. The van der Waals surface area contributed by atoms with Crippen LogP contribution in [-0.4, -0.2) is 25.7 Å². The van der Waals surface area contributed by atoms with E-state index >= 15 is 0 Å². The molecule has 2 heterocycles. The number of aryl methyl sites for hydroxylation is 1. The van der Waals surface area contributed by atoms with Gasteiger partial charge in [-0.2, -0.15) is 5.10 Å². The van der Waals surface area contributed by atoms with Crippen LogP contribution in [0, 0.1) is 0 Å². The quantitative estimate of drug-likeness (QED) is 0.634. The lowest BCUT2D eigenvalue weighted by Gasteiger charge is -2.02. The molecule has 0 spiro atoms. The van der Waals surface area contributed by atoms with Crippen molar-refractivity contribution in [3.63, 3.8) is 0 Å². The molecule has 3 N–H and O–H groups in total. The van der Waals surface area contributed by atoms with Crippen LogP contribution in [0.25, 0.3) is 11.0 Å². The molecule has 1 amide bonds. The third kappa shape index (κ3) is 1.90. The van der Waals surface area contributed by atoms with Gasteiger partial charge in [-0.05, 0) is 18.2 Å². The highest BCUT2D eigenvalue weighted by Crippen LogP contribution is 2.13. The first-order valence-corrected chi connectivity index (χ1v) is 5.64. The molecule has 0 bridgehead atoms. The lowest BCUT2D eigenvalue weighted by Crippen LogP contribution is -2.12. The second-order valence-corrected chi connectivity index (χ2v) is 4.15. The molecule has 0 aliphatic rings.